The van der Waals surface area contributed by atoms with Crippen LogP contribution in [0.2, 0.25) is 0 Å². The molecule has 1 aliphatic heterocycles. The van der Waals surface area contributed by atoms with Crippen LogP contribution in [0.25, 0.3) is 11.1 Å². The topological polar surface area (TPSA) is 90.1 Å². The molecular weight excluding hydrogens is 469 g/mol. The van der Waals surface area contributed by atoms with E-state index in [0.717, 1.165) is 49.3 Å². The van der Waals surface area contributed by atoms with Crippen molar-refractivity contribution in [2.24, 2.45) is 0 Å². The lowest BCUT2D eigenvalue weighted by Gasteiger charge is -2.13. The van der Waals surface area contributed by atoms with Crippen molar-refractivity contribution in [3.05, 3.63) is 77.8 Å². The van der Waals surface area contributed by atoms with E-state index >= 15 is 0 Å². The number of hydrogen-bond acceptors (Lipinski definition) is 4. The lowest BCUT2D eigenvalue weighted by Crippen LogP contribution is -2.19. The number of rotatable bonds is 9. The third kappa shape index (κ3) is 6.32. The number of aromatic amines is 1. The SMILES string of the molecule is CC(C(=O)Nc1cc(C2CC2)[nH]n1)c1cccc(-c2ccc(NC(=O)C=CCN3CCCC3)c(F)c2)c1. The molecule has 8 heteroatoms. The Labute approximate surface area is 216 Å². The van der Waals surface area contributed by atoms with Gasteiger partial charge in [0.1, 0.15) is 5.82 Å². The van der Waals surface area contributed by atoms with Gasteiger partial charge in [-0.05, 0) is 74.5 Å². The Morgan fingerprint density at radius 2 is 1.89 bits per heavy atom. The highest BCUT2D eigenvalue weighted by Gasteiger charge is 2.26. The first-order valence-corrected chi connectivity index (χ1v) is 12.9. The normalized spacial score (nSPS) is 16.7. The van der Waals surface area contributed by atoms with Gasteiger partial charge in [0.2, 0.25) is 11.8 Å². The first kappa shape index (κ1) is 24.9. The van der Waals surface area contributed by atoms with E-state index in [1.807, 2.05) is 43.3 Å². The average molecular weight is 502 g/mol. The van der Waals surface area contributed by atoms with Crippen molar-refractivity contribution >= 4 is 23.3 Å². The smallest absolute Gasteiger partial charge is 0.248 e. The Balaban J connectivity index is 1.21. The molecule has 1 atom stereocenters. The van der Waals surface area contributed by atoms with Gasteiger partial charge in [0.25, 0.3) is 0 Å². The van der Waals surface area contributed by atoms with Gasteiger partial charge in [0, 0.05) is 30.3 Å². The zero-order chi connectivity index (χ0) is 25.8. The summed E-state index contributed by atoms with van der Waals surface area (Å²) < 4.78 is 14.8. The van der Waals surface area contributed by atoms with Crippen LogP contribution in [0.3, 0.4) is 0 Å². The van der Waals surface area contributed by atoms with Crippen molar-refractivity contribution in [2.45, 2.75) is 44.4 Å². The van der Waals surface area contributed by atoms with E-state index in [-0.39, 0.29) is 17.5 Å². The molecule has 2 fully saturated rings. The number of aromatic nitrogens is 2. The molecule has 1 aromatic heterocycles. The zero-order valence-corrected chi connectivity index (χ0v) is 21.0. The number of nitrogens with one attached hydrogen (secondary N) is 3. The largest absolute Gasteiger partial charge is 0.320 e. The van der Waals surface area contributed by atoms with E-state index in [1.165, 1.54) is 25.0 Å². The summed E-state index contributed by atoms with van der Waals surface area (Å²) in [6.45, 7) is 4.67. The molecule has 1 aliphatic carbocycles. The minimum absolute atomic E-state index is 0.132. The Hall–Kier alpha value is -3.78. The second-order valence-corrected chi connectivity index (χ2v) is 9.91. The van der Waals surface area contributed by atoms with Gasteiger partial charge in [0.05, 0.1) is 11.6 Å². The van der Waals surface area contributed by atoms with Crippen molar-refractivity contribution in [3.63, 3.8) is 0 Å². The van der Waals surface area contributed by atoms with Crippen LogP contribution in [0.1, 0.15) is 55.7 Å². The third-order valence-corrected chi connectivity index (χ3v) is 7.04. The number of H-pyrrole nitrogens is 1. The molecular formula is C29H32FN5O2. The molecule has 0 radical (unpaired) electrons. The quantitative estimate of drug-likeness (QED) is 0.341. The lowest BCUT2D eigenvalue weighted by atomic mass is 9.95. The maximum atomic E-state index is 14.8. The molecule has 3 aromatic rings. The molecule has 0 spiro atoms. The number of halogens is 1. The molecule has 2 aliphatic rings. The molecule has 2 aromatic carbocycles. The summed E-state index contributed by atoms with van der Waals surface area (Å²) in [4.78, 5) is 27.3. The first-order valence-electron chi connectivity index (χ1n) is 12.9. The first-order chi connectivity index (χ1) is 18.0. The van der Waals surface area contributed by atoms with Crippen LogP contribution < -0.4 is 10.6 Å². The highest BCUT2D eigenvalue weighted by molar-refractivity contribution is 5.99. The van der Waals surface area contributed by atoms with E-state index < -0.39 is 11.7 Å². The Morgan fingerprint density at radius 1 is 1.11 bits per heavy atom. The molecule has 0 bridgehead atoms. The summed E-state index contributed by atoms with van der Waals surface area (Å²) in [6, 6.07) is 14.1. The van der Waals surface area contributed by atoms with E-state index in [2.05, 4.69) is 25.7 Å². The van der Waals surface area contributed by atoms with Gasteiger partial charge in [-0.3, -0.25) is 19.6 Å². The van der Waals surface area contributed by atoms with Gasteiger partial charge in [-0.1, -0.05) is 36.4 Å². The summed E-state index contributed by atoms with van der Waals surface area (Å²) in [7, 11) is 0. The maximum absolute atomic E-state index is 14.8. The van der Waals surface area contributed by atoms with Crippen LogP contribution in [0.5, 0.6) is 0 Å². The summed E-state index contributed by atoms with van der Waals surface area (Å²) in [5.41, 5.74) is 3.46. The molecule has 1 saturated heterocycles. The fraction of sp³-hybridized carbons (Fsp3) is 0.345. The zero-order valence-electron chi connectivity index (χ0n) is 21.0. The standard InChI is InChI=1S/C29H32FN5O2/c1-19(29(37)32-27-18-26(33-34-27)20-9-10-20)21-6-4-7-22(16-21)23-11-12-25(24(30)17-23)31-28(36)8-5-15-35-13-2-3-14-35/h4-8,11-12,16-20H,2-3,9-10,13-15H2,1H3,(H,31,36)(H2,32,33,34,37). The van der Waals surface area contributed by atoms with Crippen molar-refractivity contribution in [2.75, 3.05) is 30.3 Å². The molecule has 192 valence electrons. The van der Waals surface area contributed by atoms with E-state index in [9.17, 15) is 14.0 Å². The summed E-state index contributed by atoms with van der Waals surface area (Å²) >= 11 is 0. The van der Waals surface area contributed by atoms with E-state index in [0.29, 0.717) is 17.3 Å². The number of nitrogens with zero attached hydrogens (tertiary/aromatic N) is 2. The molecule has 5 rings (SSSR count). The Bertz CT molecular complexity index is 1310. The number of carbonyl (C=O) groups excluding carboxylic acids is 2. The monoisotopic (exact) mass is 501 g/mol. The van der Waals surface area contributed by atoms with Gasteiger partial charge in [-0.2, -0.15) is 5.10 Å². The maximum Gasteiger partial charge on any atom is 0.248 e. The molecule has 2 heterocycles. The van der Waals surface area contributed by atoms with Crippen molar-refractivity contribution < 1.29 is 14.0 Å². The fourth-order valence-electron chi connectivity index (χ4n) is 4.62. The van der Waals surface area contributed by atoms with Gasteiger partial charge >= 0.3 is 0 Å². The second kappa shape index (κ2) is 11.1. The van der Waals surface area contributed by atoms with Crippen LogP contribution in [-0.2, 0) is 9.59 Å². The molecule has 7 nitrogen and oxygen atoms in total. The number of carbonyl (C=O) groups is 2. The molecule has 1 saturated carbocycles. The van der Waals surface area contributed by atoms with Crippen LogP contribution >= 0.6 is 0 Å². The predicted molar refractivity (Wildman–Crippen MR) is 143 cm³/mol. The summed E-state index contributed by atoms with van der Waals surface area (Å²) in [5.74, 6) is -0.386. The molecule has 1 unspecified atom stereocenters. The van der Waals surface area contributed by atoms with Gasteiger partial charge < -0.3 is 10.6 Å². The molecule has 3 N–H and O–H groups in total. The number of anilines is 2. The highest BCUT2D eigenvalue weighted by Crippen LogP contribution is 2.39. The van der Waals surface area contributed by atoms with Crippen LogP contribution in [0.4, 0.5) is 15.9 Å². The summed E-state index contributed by atoms with van der Waals surface area (Å²) in [6.07, 6.45) is 7.97. The van der Waals surface area contributed by atoms with Gasteiger partial charge in [-0.15, -0.1) is 0 Å². The fourth-order valence-corrected chi connectivity index (χ4v) is 4.62. The lowest BCUT2D eigenvalue weighted by molar-refractivity contribution is -0.117. The molecule has 37 heavy (non-hydrogen) atoms. The number of benzene rings is 2. The number of hydrogen-bond donors (Lipinski definition) is 3. The van der Waals surface area contributed by atoms with Crippen molar-refractivity contribution in [3.8, 4) is 11.1 Å². The van der Waals surface area contributed by atoms with Crippen molar-refractivity contribution in [1.29, 1.82) is 0 Å². The Kier molecular flexibility index (Phi) is 7.46. The van der Waals surface area contributed by atoms with Gasteiger partial charge in [0.15, 0.2) is 5.82 Å². The van der Waals surface area contributed by atoms with E-state index in [1.54, 1.807) is 12.1 Å². The Morgan fingerprint density at radius 3 is 2.65 bits per heavy atom. The third-order valence-electron chi connectivity index (χ3n) is 7.04. The molecule has 2 amide bonds. The minimum Gasteiger partial charge on any atom is -0.320 e. The van der Waals surface area contributed by atoms with Crippen LogP contribution in [0, 0.1) is 5.82 Å². The highest BCUT2D eigenvalue weighted by atomic mass is 19.1. The number of amides is 2. The summed E-state index contributed by atoms with van der Waals surface area (Å²) in [5, 5.41) is 12.7. The van der Waals surface area contributed by atoms with Crippen LogP contribution in [-0.4, -0.2) is 46.5 Å². The second-order valence-electron chi connectivity index (χ2n) is 9.91. The van der Waals surface area contributed by atoms with Crippen molar-refractivity contribution in [1.82, 2.24) is 15.1 Å². The minimum atomic E-state index is -0.514. The average Bonchev–Trinajstić information content (AvgIpc) is 3.41. The van der Waals surface area contributed by atoms with E-state index in [4.69, 9.17) is 0 Å². The van der Waals surface area contributed by atoms with Gasteiger partial charge in [-0.25, -0.2) is 4.39 Å². The predicted octanol–water partition coefficient (Wildman–Crippen LogP) is 5.43. The van der Waals surface area contributed by atoms with Crippen LogP contribution in [0.15, 0.2) is 60.7 Å². The number of likely N-dealkylation sites (tertiary alicyclic amines) is 1.